The first-order valence-corrected chi connectivity index (χ1v) is 14.2. The molecule has 0 amide bonds. The Morgan fingerprint density at radius 3 is 2.80 bits per heavy atom. The Labute approximate surface area is 210 Å². The normalized spacial score (nSPS) is 16.2. The molecule has 3 heterocycles. The summed E-state index contributed by atoms with van der Waals surface area (Å²) < 4.78 is 41.1. The maximum absolute atomic E-state index is 13.9. The molecule has 5 rings (SSSR count). The van der Waals surface area contributed by atoms with Gasteiger partial charge in [0.1, 0.15) is 10.6 Å². The van der Waals surface area contributed by atoms with Gasteiger partial charge < -0.3 is 9.47 Å². The van der Waals surface area contributed by atoms with Gasteiger partial charge in [0, 0.05) is 37.7 Å². The van der Waals surface area contributed by atoms with Crippen LogP contribution in [-0.2, 0) is 27.7 Å². The molecule has 0 spiro atoms. The van der Waals surface area contributed by atoms with Gasteiger partial charge in [-0.2, -0.15) is 15.6 Å². The van der Waals surface area contributed by atoms with E-state index in [1.54, 1.807) is 29.7 Å². The van der Waals surface area contributed by atoms with E-state index in [4.69, 9.17) is 9.47 Å². The van der Waals surface area contributed by atoms with Gasteiger partial charge in [-0.3, -0.25) is 4.98 Å². The molecule has 1 aliphatic heterocycles. The van der Waals surface area contributed by atoms with Crippen molar-refractivity contribution < 1.29 is 17.9 Å². The topological polar surface area (TPSA) is 68.7 Å². The molecule has 1 fully saturated rings. The first-order valence-electron chi connectivity index (χ1n) is 11.8. The van der Waals surface area contributed by atoms with E-state index in [-0.39, 0.29) is 17.5 Å². The molecule has 0 radical (unpaired) electrons. The number of hydrogen-bond donors (Lipinski definition) is 0. The lowest BCUT2D eigenvalue weighted by molar-refractivity contribution is 0.0926. The number of para-hydroxylation sites is 1. The van der Waals surface area contributed by atoms with Crippen molar-refractivity contribution >= 4 is 32.3 Å². The molecule has 35 heavy (non-hydrogen) atoms. The number of sulfonamides is 1. The summed E-state index contributed by atoms with van der Waals surface area (Å²) in [6.07, 6.45) is 4.15. The lowest BCUT2D eigenvalue weighted by atomic mass is 10.2. The largest absolute Gasteiger partial charge is 0.493 e. The molecule has 6 nitrogen and oxygen atoms in total. The Kier molecular flexibility index (Phi) is 7.43. The zero-order chi connectivity index (χ0) is 24.1. The van der Waals surface area contributed by atoms with Crippen molar-refractivity contribution in [2.24, 2.45) is 0 Å². The van der Waals surface area contributed by atoms with Crippen molar-refractivity contribution in [1.29, 1.82) is 0 Å². The summed E-state index contributed by atoms with van der Waals surface area (Å²) in [6.45, 7) is 1.77. The predicted molar refractivity (Wildman–Crippen MR) is 138 cm³/mol. The quantitative estimate of drug-likeness (QED) is 0.291. The molecule has 182 valence electrons. The Morgan fingerprint density at radius 2 is 1.97 bits per heavy atom. The smallest absolute Gasteiger partial charge is 0.245 e. The summed E-state index contributed by atoms with van der Waals surface area (Å²) in [6, 6.07) is 18.7. The van der Waals surface area contributed by atoms with Crippen molar-refractivity contribution in [3.05, 3.63) is 88.7 Å². The molecule has 1 atom stereocenters. The zero-order valence-electron chi connectivity index (χ0n) is 19.4. The molecular formula is C27H28N2O4S2. The molecule has 4 aromatic rings. The van der Waals surface area contributed by atoms with E-state index in [1.807, 2.05) is 42.5 Å². The molecule has 0 bridgehead atoms. The van der Waals surface area contributed by atoms with Crippen LogP contribution < -0.4 is 4.74 Å². The molecule has 8 heteroatoms. The third kappa shape index (κ3) is 5.73. The van der Waals surface area contributed by atoms with E-state index in [1.165, 1.54) is 9.87 Å². The number of nitrogens with zero attached hydrogens (tertiary/aromatic N) is 2. The lowest BCUT2D eigenvalue weighted by Crippen LogP contribution is -2.37. The molecule has 0 saturated carbocycles. The van der Waals surface area contributed by atoms with Crippen LogP contribution in [0.2, 0.25) is 0 Å². The van der Waals surface area contributed by atoms with Crippen LogP contribution in [0.1, 0.15) is 24.0 Å². The van der Waals surface area contributed by atoms with Gasteiger partial charge in [0.05, 0.1) is 18.2 Å². The van der Waals surface area contributed by atoms with E-state index in [2.05, 4.69) is 21.8 Å². The number of thiophene rings is 1. The highest BCUT2D eigenvalue weighted by Crippen LogP contribution is 2.27. The fourth-order valence-corrected chi connectivity index (χ4v) is 6.67. The van der Waals surface area contributed by atoms with E-state index in [9.17, 15) is 8.42 Å². The van der Waals surface area contributed by atoms with Gasteiger partial charge in [0.25, 0.3) is 0 Å². The number of hydrogen-bond acceptors (Lipinski definition) is 6. The van der Waals surface area contributed by atoms with Gasteiger partial charge in [0.2, 0.25) is 10.0 Å². The van der Waals surface area contributed by atoms with Crippen molar-refractivity contribution in [1.82, 2.24) is 9.29 Å². The number of pyridine rings is 1. The number of aromatic nitrogens is 1. The maximum atomic E-state index is 13.9. The van der Waals surface area contributed by atoms with Crippen LogP contribution in [0.15, 0.2) is 82.5 Å². The van der Waals surface area contributed by atoms with E-state index in [0.717, 1.165) is 36.0 Å². The van der Waals surface area contributed by atoms with Crippen molar-refractivity contribution in [3.8, 4) is 5.75 Å². The molecule has 0 unspecified atom stereocenters. The van der Waals surface area contributed by atoms with E-state index >= 15 is 0 Å². The Bertz CT molecular complexity index is 1360. The van der Waals surface area contributed by atoms with E-state index in [0.29, 0.717) is 25.3 Å². The van der Waals surface area contributed by atoms with Gasteiger partial charge in [-0.1, -0.05) is 30.3 Å². The second kappa shape index (κ2) is 10.9. The first kappa shape index (κ1) is 23.9. The summed E-state index contributed by atoms with van der Waals surface area (Å²) in [4.78, 5) is 4.60. The fourth-order valence-electron chi connectivity index (χ4n) is 4.35. The van der Waals surface area contributed by atoms with Crippen LogP contribution >= 0.6 is 11.3 Å². The van der Waals surface area contributed by atoms with Gasteiger partial charge in [-0.25, -0.2) is 8.42 Å². The van der Waals surface area contributed by atoms with Crippen LogP contribution in [0.25, 0.3) is 10.9 Å². The number of benzene rings is 2. The van der Waals surface area contributed by atoms with Gasteiger partial charge in [-0.05, 0) is 65.1 Å². The van der Waals surface area contributed by atoms with Gasteiger partial charge >= 0.3 is 0 Å². The van der Waals surface area contributed by atoms with Crippen LogP contribution in [0.3, 0.4) is 0 Å². The summed E-state index contributed by atoms with van der Waals surface area (Å²) in [5.41, 5.74) is 2.61. The lowest BCUT2D eigenvalue weighted by Gasteiger charge is -2.25. The molecule has 2 aromatic carbocycles. The SMILES string of the molecule is O=S(=O)(c1cccc2cccnc12)N(Cc1cccc(OCCc2ccsc2)c1)C[C@H]1CCCO1. The third-order valence-corrected chi connectivity index (χ3v) is 8.72. The van der Waals surface area contributed by atoms with Crippen LogP contribution in [0.4, 0.5) is 0 Å². The standard InChI is InChI=1S/C27H28N2O4S2/c30-35(31,26-10-2-6-23-7-3-13-28-27(23)26)29(19-25-9-4-14-32-25)18-22-5-1-8-24(17-22)33-15-11-21-12-16-34-20-21/h1-3,5-8,10,12-13,16-17,20,25H,4,9,11,14-15,18-19H2/t25-/m1/s1. The minimum Gasteiger partial charge on any atom is -0.493 e. The number of fused-ring (bicyclic) bond motifs is 1. The minimum atomic E-state index is -3.82. The van der Waals surface area contributed by atoms with Crippen molar-refractivity contribution in [3.63, 3.8) is 0 Å². The first-order chi connectivity index (χ1) is 17.1. The Balaban J connectivity index is 1.39. The summed E-state index contributed by atoms with van der Waals surface area (Å²) in [5, 5.41) is 4.98. The monoisotopic (exact) mass is 508 g/mol. The minimum absolute atomic E-state index is 0.113. The average Bonchev–Trinajstić information content (AvgIpc) is 3.58. The second-order valence-electron chi connectivity index (χ2n) is 8.64. The molecule has 1 saturated heterocycles. The molecule has 0 N–H and O–H groups in total. The summed E-state index contributed by atoms with van der Waals surface area (Å²) in [5.74, 6) is 0.735. The van der Waals surface area contributed by atoms with Crippen LogP contribution in [0, 0.1) is 0 Å². The Morgan fingerprint density at radius 1 is 1.09 bits per heavy atom. The average molecular weight is 509 g/mol. The Hall–Kier alpha value is -2.78. The molecule has 2 aromatic heterocycles. The second-order valence-corrected chi connectivity index (χ2v) is 11.3. The highest BCUT2D eigenvalue weighted by molar-refractivity contribution is 7.89. The summed E-state index contributed by atoms with van der Waals surface area (Å²) in [7, 11) is -3.82. The molecule has 0 aliphatic carbocycles. The van der Waals surface area contributed by atoms with Crippen LogP contribution in [-0.4, -0.2) is 43.6 Å². The highest BCUT2D eigenvalue weighted by atomic mass is 32.2. The fraction of sp³-hybridized carbons (Fsp3) is 0.296. The van der Waals surface area contributed by atoms with Gasteiger partial charge in [0.15, 0.2) is 0 Å². The van der Waals surface area contributed by atoms with Crippen molar-refractivity contribution in [2.75, 3.05) is 19.8 Å². The molecular weight excluding hydrogens is 480 g/mol. The third-order valence-electron chi connectivity index (χ3n) is 6.14. The molecule has 1 aliphatic rings. The van der Waals surface area contributed by atoms with Gasteiger partial charge in [-0.15, -0.1) is 0 Å². The zero-order valence-corrected chi connectivity index (χ0v) is 21.0. The number of ether oxygens (including phenoxy) is 2. The number of rotatable bonds is 10. The maximum Gasteiger partial charge on any atom is 0.245 e. The predicted octanol–water partition coefficient (Wildman–Crippen LogP) is 5.29. The van der Waals surface area contributed by atoms with Crippen molar-refractivity contribution in [2.45, 2.75) is 36.8 Å². The summed E-state index contributed by atoms with van der Waals surface area (Å²) >= 11 is 1.68. The van der Waals surface area contributed by atoms with Crippen LogP contribution in [0.5, 0.6) is 5.75 Å². The van der Waals surface area contributed by atoms with E-state index < -0.39 is 10.0 Å². The highest BCUT2D eigenvalue weighted by Gasteiger charge is 2.31.